The molecule has 0 amide bonds. The molecule has 150 valence electrons. The summed E-state index contributed by atoms with van der Waals surface area (Å²) in [6.45, 7) is 6.03. The zero-order chi connectivity index (χ0) is 19.8. The van der Waals surface area contributed by atoms with Gasteiger partial charge >= 0.3 is 0 Å². The highest BCUT2D eigenvalue weighted by Gasteiger charge is 2.12. The quantitative estimate of drug-likeness (QED) is 0.443. The van der Waals surface area contributed by atoms with Crippen LogP contribution < -0.4 is 14.8 Å². The van der Waals surface area contributed by atoms with Gasteiger partial charge in [0, 0.05) is 18.8 Å². The van der Waals surface area contributed by atoms with Gasteiger partial charge < -0.3 is 19.9 Å². The van der Waals surface area contributed by atoms with Crippen LogP contribution in [0.4, 0.5) is 0 Å². The number of ether oxygens (including phenoxy) is 2. The Balaban J connectivity index is 1.42. The van der Waals surface area contributed by atoms with Crippen molar-refractivity contribution in [2.75, 3.05) is 26.3 Å². The second-order valence-electron chi connectivity index (χ2n) is 6.89. The fourth-order valence-corrected chi connectivity index (χ4v) is 3.12. The fourth-order valence-electron chi connectivity index (χ4n) is 3.12. The number of H-pyrrole nitrogens is 1. The number of hydrogen-bond acceptors (Lipinski definition) is 5. The Bertz CT molecular complexity index is 878. The van der Waals surface area contributed by atoms with Crippen molar-refractivity contribution >= 4 is 10.9 Å². The van der Waals surface area contributed by atoms with E-state index < -0.39 is 6.10 Å². The number of rotatable bonds is 11. The predicted molar refractivity (Wildman–Crippen MR) is 111 cm³/mol. The third kappa shape index (κ3) is 5.24. The molecule has 1 heterocycles. The van der Waals surface area contributed by atoms with Crippen molar-refractivity contribution in [1.29, 1.82) is 0 Å². The van der Waals surface area contributed by atoms with Gasteiger partial charge in [0.25, 0.3) is 0 Å². The van der Waals surface area contributed by atoms with Gasteiger partial charge in [0.1, 0.15) is 30.8 Å². The molecule has 6 heteroatoms. The summed E-state index contributed by atoms with van der Waals surface area (Å²) >= 11 is 0. The van der Waals surface area contributed by atoms with Gasteiger partial charge in [-0.15, -0.1) is 0 Å². The van der Waals surface area contributed by atoms with Gasteiger partial charge in [-0.3, -0.25) is 5.10 Å². The molecule has 0 bridgehead atoms. The van der Waals surface area contributed by atoms with Gasteiger partial charge in [-0.1, -0.05) is 37.6 Å². The summed E-state index contributed by atoms with van der Waals surface area (Å²) in [7, 11) is 0. The maximum absolute atomic E-state index is 10.2. The van der Waals surface area contributed by atoms with Crippen LogP contribution >= 0.6 is 0 Å². The van der Waals surface area contributed by atoms with Gasteiger partial charge in [-0.2, -0.15) is 5.10 Å². The zero-order valence-electron chi connectivity index (χ0n) is 16.6. The van der Waals surface area contributed by atoms with Crippen molar-refractivity contribution in [3.63, 3.8) is 0 Å². The molecule has 0 radical (unpaired) electrons. The number of hydrogen-bond donors (Lipinski definition) is 3. The van der Waals surface area contributed by atoms with Crippen molar-refractivity contribution < 1.29 is 14.6 Å². The summed E-state index contributed by atoms with van der Waals surface area (Å²) in [6, 6.07) is 13.7. The van der Waals surface area contributed by atoms with Crippen LogP contribution in [-0.4, -0.2) is 47.7 Å². The lowest BCUT2D eigenvalue weighted by atomic mass is 10.1. The Kier molecular flexibility index (Phi) is 7.28. The van der Waals surface area contributed by atoms with Crippen LogP contribution in [0.15, 0.2) is 42.5 Å². The van der Waals surface area contributed by atoms with E-state index in [0.29, 0.717) is 19.7 Å². The largest absolute Gasteiger partial charge is 0.492 e. The average molecular weight is 383 g/mol. The Morgan fingerprint density at radius 3 is 2.75 bits per heavy atom. The molecule has 6 nitrogen and oxygen atoms in total. The van der Waals surface area contributed by atoms with Gasteiger partial charge in [-0.05, 0) is 37.1 Å². The highest BCUT2D eigenvalue weighted by atomic mass is 16.5. The number of nitrogens with one attached hydrogen (secondary N) is 2. The molecule has 0 saturated heterocycles. The minimum atomic E-state index is -0.602. The Labute approximate surface area is 165 Å². The molecule has 0 aliphatic rings. The lowest BCUT2D eigenvalue weighted by molar-refractivity contribution is 0.106. The second-order valence-corrected chi connectivity index (χ2v) is 6.89. The molecular formula is C22H29N3O3. The molecule has 1 atom stereocenters. The SMILES string of the molecule is CCCc1[nH]nc2cccc(OC[C@@H](O)CNCCOc3ccccc3C)c12. The van der Waals surface area contributed by atoms with Crippen LogP contribution in [0, 0.1) is 6.92 Å². The summed E-state index contributed by atoms with van der Waals surface area (Å²) in [5.74, 6) is 1.65. The van der Waals surface area contributed by atoms with Gasteiger partial charge in [0.05, 0.1) is 10.9 Å². The van der Waals surface area contributed by atoms with E-state index in [1.54, 1.807) is 0 Å². The minimum absolute atomic E-state index is 0.224. The first-order chi connectivity index (χ1) is 13.7. The van der Waals surface area contributed by atoms with E-state index in [0.717, 1.165) is 46.5 Å². The van der Waals surface area contributed by atoms with E-state index in [9.17, 15) is 5.11 Å². The van der Waals surface area contributed by atoms with Crippen molar-refractivity contribution in [2.45, 2.75) is 32.8 Å². The summed E-state index contributed by atoms with van der Waals surface area (Å²) in [6.07, 6.45) is 1.35. The zero-order valence-corrected chi connectivity index (χ0v) is 16.6. The molecule has 0 aliphatic heterocycles. The molecule has 1 aromatic heterocycles. The van der Waals surface area contributed by atoms with E-state index in [1.807, 2.05) is 49.4 Å². The van der Waals surface area contributed by atoms with Crippen molar-refractivity contribution in [1.82, 2.24) is 15.5 Å². The summed E-state index contributed by atoms with van der Waals surface area (Å²) < 4.78 is 11.6. The molecular weight excluding hydrogens is 354 g/mol. The summed E-state index contributed by atoms with van der Waals surface area (Å²) in [4.78, 5) is 0. The number of aromatic nitrogens is 2. The van der Waals surface area contributed by atoms with E-state index in [1.165, 1.54) is 0 Å². The first-order valence-corrected chi connectivity index (χ1v) is 9.85. The highest BCUT2D eigenvalue weighted by Crippen LogP contribution is 2.28. The second kappa shape index (κ2) is 10.1. The monoisotopic (exact) mass is 383 g/mol. The third-order valence-electron chi connectivity index (χ3n) is 4.56. The van der Waals surface area contributed by atoms with Crippen LogP contribution in [0.25, 0.3) is 10.9 Å². The topological polar surface area (TPSA) is 79.4 Å². The third-order valence-corrected chi connectivity index (χ3v) is 4.56. The van der Waals surface area contributed by atoms with Crippen molar-refractivity contribution in [3.8, 4) is 11.5 Å². The smallest absolute Gasteiger partial charge is 0.130 e. The molecule has 2 aromatic carbocycles. The Hall–Kier alpha value is -2.57. The van der Waals surface area contributed by atoms with Crippen LogP contribution in [0.2, 0.25) is 0 Å². The first-order valence-electron chi connectivity index (χ1n) is 9.85. The van der Waals surface area contributed by atoms with E-state index in [2.05, 4.69) is 22.4 Å². The molecule has 0 saturated carbocycles. The average Bonchev–Trinajstić information content (AvgIpc) is 3.11. The van der Waals surface area contributed by atoms with Crippen LogP contribution in [0.1, 0.15) is 24.6 Å². The van der Waals surface area contributed by atoms with Crippen molar-refractivity contribution in [2.24, 2.45) is 0 Å². The standard InChI is InChI=1S/C22H29N3O3/c1-3-7-18-22-19(25-24-18)9-6-11-21(22)28-15-17(26)14-23-12-13-27-20-10-5-4-8-16(20)2/h4-6,8-11,17,23,26H,3,7,12-15H2,1-2H3,(H,24,25)/t17-/m0/s1. The lowest BCUT2D eigenvalue weighted by Gasteiger charge is -2.15. The highest BCUT2D eigenvalue weighted by molar-refractivity contribution is 5.87. The normalized spacial score (nSPS) is 12.2. The number of aryl methyl sites for hydroxylation is 2. The van der Waals surface area contributed by atoms with E-state index >= 15 is 0 Å². The number of aliphatic hydroxyl groups is 1. The molecule has 0 spiro atoms. The van der Waals surface area contributed by atoms with Crippen molar-refractivity contribution in [3.05, 3.63) is 53.7 Å². The fraction of sp³-hybridized carbons (Fsp3) is 0.409. The van der Waals surface area contributed by atoms with Crippen LogP contribution in [-0.2, 0) is 6.42 Å². The molecule has 3 N–H and O–H groups in total. The molecule has 0 aliphatic carbocycles. The molecule has 3 aromatic rings. The maximum atomic E-state index is 10.2. The number of benzene rings is 2. The molecule has 0 unspecified atom stereocenters. The molecule has 28 heavy (non-hydrogen) atoms. The first kappa shape index (κ1) is 20.2. The van der Waals surface area contributed by atoms with Gasteiger partial charge in [0.2, 0.25) is 0 Å². The number of aromatic amines is 1. The summed E-state index contributed by atoms with van der Waals surface area (Å²) in [5.41, 5.74) is 3.09. The van der Waals surface area contributed by atoms with Gasteiger partial charge in [-0.25, -0.2) is 0 Å². The molecule has 0 fully saturated rings. The molecule has 3 rings (SSSR count). The van der Waals surface area contributed by atoms with Crippen LogP contribution in [0.5, 0.6) is 11.5 Å². The van der Waals surface area contributed by atoms with E-state index in [4.69, 9.17) is 9.47 Å². The Morgan fingerprint density at radius 2 is 1.93 bits per heavy atom. The number of para-hydroxylation sites is 1. The minimum Gasteiger partial charge on any atom is -0.492 e. The van der Waals surface area contributed by atoms with E-state index in [-0.39, 0.29) is 6.61 Å². The van der Waals surface area contributed by atoms with Gasteiger partial charge in [0.15, 0.2) is 0 Å². The number of nitrogens with zero attached hydrogens (tertiary/aromatic N) is 1. The Morgan fingerprint density at radius 1 is 1.11 bits per heavy atom. The lowest BCUT2D eigenvalue weighted by Crippen LogP contribution is -2.33. The van der Waals surface area contributed by atoms with Crippen LogP contribution in [0.3, 0.4) is 0 Å². The number of aliphatic hydroxyl groups excluding tert-OH is 1. The predicted octanol–water partition coefficient (Wildman–Crippen LogP) is 3.23. The summed E-state index contributed by atoms with van der Waals surface area (Å²) in [5, 5.41) is 21.8. The maximum Gasteiger partial charge on any atom is 0.130 e. The number of fused-ring (bicyclic) bond motifs is 1.